The third kappa shape index (κ3) is 4.22. The van der Waals surface area contributed by atoms with Gasteiger partial charge in [0.15, 0.2) is 5.78 Å². The van der Waals surface area contributed by atoms with Gasteiger partial charge in [0, 0.05) is 42.5 Å². The van der Waals surface area contributed by atoms with Gasteiger partial charge in [-0.25, -0.2) is 9.97 Å². The lowest BCUT2D eigenvalue weighted by molar-refractivity contribution is -0.119. The number of hydrogen-bond donors (Lipinski definition) is 1. The van der Waals surface area contributed by atoms with Crippen molar-refractivity contribution in [2.45, 2.75) is 33.6 Å². The number of rotatable bonds is 3. The zero-order chi connectivity index (χ0) is 18.0. The van der Waals surface area contributed by atoms with E-state index >= 15 is 0 Å². The maximum atomic E-state index is 12.1. The fourth-order valence-corrected chi connectivity index (χ4v) is 3.38. The van der Waals surface area contributed by atoms with E-state index in [0.717, 1.165) is 24.6 Å². The van der Waals surface area contributed by atoms with Crippen LogP contribution in [0.3, 0.4) is 0 Å². The van der Waals surface area contributed by atoms with Crippen LogP contribution in [0.5, 0.6) is 0 Å². The molecule has 7 heteroatoms. The number of anilines is 1. The molecule has 0 radical (unpaired) electrons. The molecule has 2 aromatic heterocycles. The molecule has 0 aromatic carbocycles. The van der Waals surface area contributed by atoms with Crippen molar-refractivity contribution in [3.05, 3.63) is 37.5 Å². The first kappa shape index (κ1) is 17.5. The predicted octanol–water partition coefficient (Wildman–Crippen LogP) is 1.05. The molecule has 2 aromatic rings. The van der Waals surface area contributed by atoms with Gasteiger partial charge >= 0.3 is 0 Å². The number of thiazole rings is 1. The van der Waals surface area contributed by atoms with Crippen LogP contribution >= 0.6 is 11.3 Å². The van der Waals surface area contributed by atoms with Crippen molar-refractivity contribution >= 4 is 35.2 Å². The highest BCUT2D eigenvalue weighted by Gasteiger charge is 2.18. The fourth-order valence-electron chi connectivity index (χ4n) is 2.50. The van der Waals surface area contributed by atoms with E-state index in [9.17, 15) is 9.59 Å². The number of ketones is 1. The minimum Gasteiger partial charge on any atom is -0.341 e. The Morgan fingerprint density at radius 1 is 1.24 bits per heavy atom. The Morgan fingerprint density at radius 2 is 1.88 bits per heavy atom. The first-order chi connectivity index (χ1) is 11.8. The summed E-state index contributed by atoms with van der Waals surface area (Å²) < 4.78 is 1.09. The highest BCUT2D eigenvalue weighted by molar-refractivity contribution is 7.07. The van der Waals surface area contributed by atoms with Crippen LogP contribution in [0, 0.1) is 5.41 Å². The standard InChI is InChI=1S/C18H22N4O2S/c1-18(2,3)14(23)9-15-21-16(24)13(25-15)8-12-10-19-17(20-11-12)22-6-4-5-7-22/h8-11H,4-7H2,1-3H3,(H,21,24). The maximum Gasteiger partial charge on any atom is 0.266 e. The number of aromatic amines is 1. The van der Waals surface area contributed by atoms with Gasteiger partial charge < -0.3 is 9.88 Å². The lowest BCUT2D eigenvalue weighted by atomic mass is 9.91. The molecule has 0 amide bonds. The summed E-state index contributed by atoms with van der Waals surface area (Å²) >= 11 is 1.26. The second kappa shape index (κ2) is 6.92. The van der Waals surface area contributed by atoms with Gasteiger partial charge in [-0.1, -0.05) is 20.8 Å². The van der Waals surface area contributed by atoms with Crippen LogP contribution in [0.15, 0.2) is 17.2 Å². The van der Waals surface area contributed by atoms with Crippen LogP contribution in [0.1, 0.15) is 39.2 Å². The molecule has 3 rings (SSSR count). The van der Waals surface area contributed by atoms with Crippen molar-refractivity contribution < 1.29 is 4.79 Å². The van der Waals surface area contributed by atoms with Crippen molar-refractivity contribution in [3.63, 3.8) is 0 Å². The van der Waals surface area contributed by atoms with Gasteiger partial charge in [-0.2, -0.15) is 0 Å². The Labute approximate surface area is 150 Å². The van der Waals surface area contributed by atoms with Gasteiger partial charge in [0.1, 0.15) is 0 Å². The molecule has 0 bridgehead atoms. The van der Waals surface area contributed by atoms with Gasteiger partial charge in [-0.3, -0.25) is 9.59 Å². The first-order valence-corrected chi connectivity index (χ1v) is 9.18. The number of carbonyl (C=O) groups excluding carboxylic acids is 1. The lowest BCUT2D eigenvalue weighted by Gasteiger charge is -2.13. The highest BCUT2D eigenvalue weighted by Crippen LogP contribution is 2.15. The van der Waals surface area contributed by atoms with Crippen molar-refractivity contribution in [2.24, 2.45) is 5.41 Å². The van der Waals surface area contributed by atoms with E-state index in [1.807, 2.05) is 20.8 Å². The number of aromatic nitrogens is 3. The van der Waals surface area contributed by atoms with Crippen LogP contribution in [-0.2, 0) is 4.79 Å². The molecular formula is C18H22N4O2S. The van der Waals surface area contributed by atoms with Crippen LogP contribution in [0.4, 0.5) is 5.95 Å². The smallest absolute Gasteiger partial charge is 0.266 e. The molecule has 1 fully saturated rings. The normalized spacial score (nSPS) is 16.7. The largest absolute Gasteiger partial charge is 0.341 e. The quantitative estimate of drug-likeness (QED) is 0.887. The van der Waals surface area contributed by atoms with Gasteiger partial charge in [0.25, 0.3) is 5.56 Å². The first-order valence-electron chi connectivity index (χ1n) is 8.37. The summed E-state index contributed by atoms with van der Waals surface area (Å²) in [4.78, 5) is 37.8. The molecule has 1 N–H and O–H groups in total. The summed E-state index contributed by atoms with van der Waals surface area (Å²) in [5.41, 5.74) is 0.0925. The topological polar surface area (TPSA) is 79.0 Å². The number of nitrogens with one attached hydrogen (secondary N) is 1. The van der Waals surface area contributed by atoms with E-state index in [1.54, 1.807) is 18.5 Å². The van der Waals surface area contributed by atoms with Crippen molar-refractivity contribution in [1.82, 2.24) is 15.0 Å². The summed E-state index contributed by atoms with van der Waals surface area (Å²) in [7, 11) is 0. The second-order valence-electron chi connectivity index (χ2n) is 7.20. The minimum atomic E-state index is -0.468. The summed E-state index contributed by atoms with van der Waals surface area (Å²) in [5.74, 6) is 0.717. The van der Waals surface area contributed by atoms with Gasteiger partial charge in [0.05, 0.1) is 9.20 Å². The summed E-state index contributed by atoms with van der Waals surface area (Å²) in [6.07, 6.45) is 9.04. The number of carbonyl (C=O) groups is 1. The number of nitrogens with zero attached hydrogens (tertiary/aromatic N) is 3. The molecule has 0 spiro atoms. The SMILES string of the molecule is CC(C)(C)C(=O)C=c1[nH]c(=O)c(=Cc2cnc(N3CCCC3)nc2)s1. The average Bonchev–Trinajstić information content (AvgIpc) is 3.18. The number of hydrogen-bond acceptors (Lipinski definition) is 6. The van der Waals surface area contributed by atoms with Crippen molar-refractivity contribution in [2.75, 3.05) is 18.0 Å². The summed E-state index contributed by atoms with van der Waals surface area (Å²) in [5, 5.41) is 0. The molecular weight excluding hydrogens is 336 g/mol. The minimum absolute atomic E-state index is 0.0187. The van der Waals surface area contributed by atoms with Crippen LogP contribution in [-0.4, -0.2) is 33.8 Å². The molecule has 1 saturated heterocycles. The molecule has 1 aliphatic heterocycles. The molecule has 1 aliphatic rings. The van der Waals surface area contributed by atoms with E-state index in [4.69, 9.17) is 0 Å². The molecule has 3 heterocycles. The molecule has 25 heavy (non-hydrogen) atoms. The highest BCUT2D eigenvalue weighted by atomic mass is 32.1. The van der Waals surface area contributed by atoms with E-state index in [0.29, 0.717) is 9.20 Å². The third-order valence-corrected chi connectivity index (χ3v) is 4.99. The van der Waals surface area contributed by atoms with Gasteiger partial charge in [-0.05, 0) is 18.9 Å². The van der Waals surface area contributed by atoms with Gasteiger partial charge in [0.2, 0.25) is 5.95 Å². The van der Waals surface area contributed by atoms with E-state index in [2.05, 4.69) is 19.9 Å². The molecule has 0 aliphatic carbocycles. The molecule has 0 unspecified atom stereocenters. The fraction of sp³-hybridized carbons (Fsp3) is 0.444. The zero-order valence-electron chi connectivity index (χ0n) is 14.7. The Bertz CT molecular complexity index is 929. The van der Waals surface area contributed by atoms with E-state index in [-0.39, 0.29) is 11.3 Å². The second-order valence-corrected chi connectivity index (χ2v) is 8.28. The number of H-pyrrole nitrogens is 1. The molecule has 0 atom stereocenters. The Kier molecular flexibility index (Phi) is 4.85. The molecule has 6 nitrogen and oxygen atoms in total. The van der Waals surface area contributed by atoms with Crippen molar-refractivity contribution in [1.29, 1.82) is 0 Å². The Hall–Kier alpha value is -2.28. The summed E-state index contributed by atoms with van der Waals surface area (Å²) in [6.45, 7) is 7.54. The maximum absolute atomic E-state index is 12.1. The average molecular weight is 358 g/mol. The Balaban J connectivity index is 1.88. The van der Waals surface area contributed by atoms with E-state index in [1.165, 1.54) is 30.3 Å². The number of Topliss-reactive ketones (excluding diaryl/α,β-unsaturated/α-hetero) is 1. The monoisotopic (exact) mass is 358 g/mol. The molecule has 0 saturated carbocycles. The zero-order valence-corrected chi connectivity index (χ0v) is 15.5. The van der Waals surface area contributed by atoms with E-state index < -0.39 is 5.41 Å². The van der Waals surface area contributed by atoms with Gasteiger partial charge in [-0.15, -0.1) is 11.3 Å². The lowest BCUT2D eigenvalue weighted by Crippen LogP contribution is -2.22. The Morgan fingerprint density at radius 3 is 2.48 bits per heavy atom. The van der Waals surface area contributed by atoms with Crippen LogP contribution < -0.4 is 19.7 Å². The van der Waals surface area contributed by atoms with Crippen LogP contribution in [0.25, 0.3) is 12.2 Å². The predicted molar refractivity (Wildman–Crippen MR) is 100 cm³/mol. The summed E-state index contributed by atoms with van der Waals surface area (Å²) in [6, 6.07) is 0. The molecule has 132 valence electrons. The van der Waals surface area contributed by atoms with Crippen LogP contribution in [0.2, 0.25) is 0 Å². The van der Waals surface area contributed by atoms with Crippen molar-refractivity contribution in [3.8, 4) is 0 Å². The third-order valence-electron chi connectivity index (χ3n) is 4.03.